The first kappa shape index (κ1) is 26.0. The topological polar surface area (TPSA) is 85.1 Å². The lowest BCUT2D eigenvalue weighted by Gasteiger charge is -2.16. The van der Waals surface area contributed by atoms with E-state index < -0.39 is 11.7 Å². The number of fused-ring (bicyclic) bond motifs is 1. The third-order valence-electron chi connectivity index (χ3n) is 5.88. The van der Waals surface area contributed by atoms with Gasteiger partial charge in [0, 0.05) is 41.4 Å². The highest BCUT2D eigenvalue weighted by molar-refractivity contribution is 6.12. The number of aromatic amines is 1. The first-order valence-corrected chi connectivity index (χ1v) is 11.8. The van der Waals surface area contributed by atoms with E-state index in [4.69, 9.17) is 0 Å². The number of aromatic nitrogens is 2. The van der Waals surface area contributed by atoms with E-state index in [1.165, 1.54) is 12.3 Å². The first-order valence-electron chi connectivity index (χ1n) is 11.8. The SMILES string of the molecule is Cc1ccc(Nc2cccc(C(F)(F)F)c2)cc1NC(=O)c1cnc2[nH]ccc2c1NCCCN(C)C. The Balaban J connectivity index is 1.55. The van der Waals surface area contributed by atoms with Crippen LogP contribution < -0.4 is 16.0 Å². The predicted molar refractivity (Wildman–Crippen MR) is 142 cm³/mol. The molecule has 0 fully saturated rings. The van der Waals surface area contributed by atoms with Crippen LogP contribution in [0.25, 0.3) is 11.0 Å². The summed E-state index contributed by atoms with van der Waals surface area (Å²) >= 11 is 0. The number of carbonyl (C=O) groups is 1. The van der Waals surface area contributed by atoms with Crippen LogP contribution in [0.3, 0.4) is 0 Å². The Bertz CT molecular complexity index is 1400. The molecule has 4 rings (SSSR count). The van der Waals surface area contributed by atoms with Gasteiger partial charge in [0.15, 0.2) is 0 Å². The molecule has 4 N–H and O–H groups in total. The molecule has 0 spiro atoms. The smallest absolute Gasteiger partial charge is 0.384 e. The van der Waals surface area contributed by atoms with Crippen LogP contribution in [0.1, 0.15) is 27.9 Å². The van der Waals surface area contributed by atoms with Crippen LogP contribution in [0.4, 0.5) is 35.9 Å². The van der Waals surface area contributed by atoms with E-state index in [1.54, 1.807) is 30.5 Å². The summed E-state index contributed by atoms with van der Waals surface area (Å²) < 4.78 is 39.2. The van der Waals surface area contributed by atoms with Crippen molar-refractivity contribution in [2.75, 3.05) is 43.1 Å². The molecule has 194 valence electrons. The number of hydrogen-bond acceptors (Lipinski definition) is 5. The summed E-state index contributed by atoms with van der Waals surface area (Å²) in [7, 11) is 4.02. The predicted octanol–water partition coefficient (Wildman–Crippen LogP) is 6.25. The number of aryl methyl sites for hydroxylation is 1. The third-order valence-corrected chi connectivity index (χ3v) is 5.88. The van der Waals surface area contributed by atoms with E-state index in [-0.39, 0.29) is 5.91 Å². The highest BCUT2D eigenvalue weighted by atomic mass is 19.4. The van der Waals surface area contributed by atoms with Crippen molar-refractivity contribution in [2.24, 2.45) is 0 Å². The van der Waals surface area contributed by atoms with Gasteiger partial charge in [0.1, 0.15) is 5.65 Å². The minimum absolute atomic E-state index is 0.294. The van der Waals surface area contributed by atoms with Gasteiger partial charge in [-0.25, -0.2) is 4.98 Å². The van der Waals surface area contributed by atoms with Crippen molar-refractivity contribution < 1.29 is 18.0 Å². The Kier molecular flexibility index (Phi) is 7.68. The number of amides is 1. The number of alkyl halides is 3. The van der Waals surface area contributed by atoms with Crippen LogP contribution in [0.15, 0.2) is 60.9 Å². The fraction of sp³-hybridized carbons (Fsp3) is 0.259. The van der Waals surface area contributed by atoms with Crippen LogP contribution in [-0.4, -0.2) is 48.0 Å². The van der Waals surface area contributed by atoms with E-state index in [1.807, 2.05) is 27.1 Å². The summed E-state index contributed by atoms with van der Waals surface area (Å²) in [5.41, 5.74) is 3.20. The molecule has 0 aliphatic heterocycles. The number of rotatable bonds is 9. The zero-order chi connectivity index (χ0) is 26.6. The summed E-state index contributed by atoms with van der Waals surface area (Å²) in [5.74, 6) is -0.343. The maximum atomic E-state index is 13.4. The highest BCUT2D eigenvalue weighted by Crippen LogP contribution is 2.32. The number of nitrogens with one attached hydrogen (secondary N) is 4. The van der Waals surface area contributed by atoms with Gasteiger partial charge in [-0.1, -0.05) is 12.1 Å². The fourth-order valence-corrected chi connectivity index (χ4v) is 3.94. The van der Waals surface area contributed by atoms with E-state index in [2.05, 4.69) is 30.8 Å². The number of pyridine rings is 1. The number of benzene rings is 2. The van der Waals surface area contributed by atoms with E-state index in [0.717, 1.165) is 36.0 Å². The molecule has 0 saturated heterocycles. The lowest BCUT2D eigenvalue weighted by atomic mass is 10.1. The summed E-state index contributed by atoms with van der Waals surface area (Å²) in [6.45, 7) is 3.43. The van der Waals surface area contributed by atoms with Gasteiger partial charge in [0.05, 0.1) is 16.8 Å². The maximum Gasteiger partial charge on any atom is 0.416 e. The minimum Gasteiger partial charge on any atom is -0.384 e. The number of hydrogen-bond donors (Lipinski definition) is 4. The largest absolute Gasteiger partial charge is 0.416 e. The van der Waals surface area contributed by atoms with Crippen molar-refractivity contribution in [3.8, 4) is 0 Å². The lowest BCUT2D eigenvalue weighted by molar-refractivity contribution is -0.137. The van der Waals surface area contributed by atoms with Gasteiger partial charge in [0.25, 0.3) is 5.91 Å². The van der Waals surface area contributed by atoms with Crippen LogP contribution >= 0.6 is 0 Å². The van der Waals surface area contributed by atoms with Crippen molar-refractivity contribution in [3.05, 3.63) is 77.6 Å². The molecule has 0 atom stereocenters. The van der Waals surface area contributed by atoms with E-state index in [9.17, 15) is 18.0 Å². The Labute approximate surface area is 213 Å². The molecule has 2 aromatic heterocycles. The van der Waals surface area contributed by atoms with Gasteiger partial charge in [-0.15, -0.1) is 0 Å². The quantitative estimate of drug-likeness (QED) is 0.200. The van der Waals surface area contributed by atoms with Gasteiger partial charge in [-0.2, -0.15) is 13.2 Å². The third kappa shape index (κ3) is 6.39. The van der Waals surface area contributed by atoms with Gasteiger partial charge >= 0.3 is 6.18 Å². The number of carbonyl (C=O) groups excluding carboxylic acids is 1. The van der Waals surface area contributed by atoms with Gasteiger partial charge in [-0.05, 0) is 75.9 Å². The molecule has 4 aromatic rings. The van der Waals surface area contributed by atoms with Crippen molar-refractivity contribution in [2.45, 2.75) is 19.5 Å². The van der Waals surface area contributed by atoms with Gasteiger partial charge in [-0.3, -0.25) is 4.79 Å². The van der Waals surface area contributed by atoms with Gasteiger partial charge < -0.3 is 25.8 Å². The van der Waals surface area contributed by atoms with Crippen molar-refractivity contribution in [1.82, 2.24) is 14.9 Å². The summed E-state index contributed by atoms with van der Waals surface area (Å²) in [6, 6.07) is 12.1. The molecule has 2 aromatic carbocycles. The zero-order valence-corrected chi connectivity index (χ0v) is 20.8. The van der Waals surface area contributed by atoms with Crippen LogP contribution in [0.2, 0.25) is 0 Å². The second kappa shape index (κ2) is 10.9. The van der Waals surface area contributed by atoms with Crippen molar-refractivity contribution in [1.29, 1.82) is 0 Å². The number of anilines is 4. The Morgan fingerprint density at radius 1 is 1.08 bits per heavy atom. The first-order chi connectivity index (χ1) is 17.6. The van der Waals surface area contributed by atoms with Crippen molar-refractivity contribution >= 4 is 39.7 Å². The molecule has 2 heterocycles. The summed E-state index contributed by atoms with van der Waals surface area (Å²) in [5, 5.41) is 10.1. The lowest BCUT2D eigenvalue weighted by Crippen LogP contribution is -2.19. The highest BCUT2D eigenvalue weighted by Gasteiger charge is 2.30. The molecule has 0 aliphatic rings. The summed E-state index contributed by atoms with van der Waals surface area (Å²) in [6.07, 6.45) is -0.235. The van der Waals surface area contributed by atoms with Crippen LogP contribution in [-0.2, 0) is 6.18 Å². The van der Waals surface area contributed by atoms with E-state index >= 15 is 0 Å². The molecule has 0 unspecified atom stereocenters. The molecule has 37 heavy (non-hydrogen) atoms. The minimum atomic E-state index is -4.43. The molecule has 10 heteroatoms. The number of nitrogens with zero attached hydrogens (tertiary/aromatic N) is 2. The maximum absolute atomic E-state index is 13.4. The summed E-state index contributed by atoms with van der Waals surface area (Å²) in [4.78, 5) is 22.9. The Morgan fingerprint density at radius 2 is 1.86 bits per heavy atom. The molecule has 1 amide bonds. The van der Waals surface area contributed by atoms with Crippen LogP contribution in [0.5, 0.6) is 0 Å². The standard InChI is InChI=1S/C27H29F3N6O/c1-17-8-9-20(34-19-7-4-6-18(14-19)27(28,29)30)15-23(17)35-26(37)22-16-33-25-21(10-12-32-25)24(22)31-11-5-13-36(2)3/h4,6-10,12,14-16,34H,5,11,13H2,1-3H3,(H,35,37)(H2,31,32,33). The monoisotopic (exact) mass is 510 g/mol. The Morgan fingerprint density at radius 3 is 2.62 bits per heavy atom. The molecule has 0 radical (unpaired) electrons. The normalized spacial score (nSPS) is 11.6. The van der Waals surface area contributed by atoms with E-state index in [0.29, 0.717) is 40.5 Å². The molecule has 0 aliphatic carbocycles. The molecule has 0 saturated carbocycles. The molecular formula is C27H29F3N6O. The number of halogens is 3. The second-order valence-corrected chi connectivity index (χ2v) is 9.06. The zero-order valence-electron chi connectivity index (χ0n) is 20.8. The van der Waals surface area contributed by atoms with Crippen molar-refractivity contribution in [3.63, 3.8) is 0 Å². The Hall–Kier alpha value is -4.05. The molecular weight excluding hydrogens is 481 g/mol. The van der Waals surface area contributed by atoms with Crippen LogP contribution in [0, 0.1) is 6.92 Å². The molecule has 7 nitrogen and oxygen atoms in total. The fourth-order valence-electron chi connectivity index (χ4n) is 3.94. The van der Waals surface area contributed by atoms with Gasteiger partial charge in [0.2, 0.25) is 0 Å². The number of H-pyrrole nitrogens is 1. The average Bonchev–Trinajstić information content (AvgIpc) is 3.32. The average molecular weight is 511 g/mol. The second-order valence-electron chi connectivity index (χ2n) is 9.06. The molecule has 0 bridgehead atoms.